The summed E-state index contributed by atoms with van der Waals surface area (Å²) in [6, 6.07) is 3.99. The van der Waals surface area contributed by atoms with E-state index >= 15 is 0 Å². The highest BCUT2D eigenvalue weighted by Gasteiger charge is 2.34. The van der Waals surface area contributed by atoms with Gasteiger partial charge in [0.05, 0.1) is 6.07 Å². The van der Waals surface area contributed by atoms with Crippen LogP contribution in [0.4, 0.5) is 0 Å². The molecule has 3 rings (SSSR count). The number of piperazine rings is 1. The first-order chi connectivity index (χ1) is 9.18. The lowest BCUT2D eigenvalue weighted by Crippen LogP contribution is -2.50. The summed E-state index contributed by atoms with van der Waals surface area (Å²) in [5, 5.41) is 12.9. The Morgan fingerprint density at radius 1 is 1.16 bits per heavy atom. The Kier molecular flexibility index (Phi) is 3.79. The molecule has 2 saturated carbocycles. The monoisotopic (exact) mass is 262 g/mol. The molecule has 0 aromatic carbocycles. The molecule has 1 N–H and O–H groups in total. The molecule has 2 aliphatic carbocycles. The van der Waals surface area contributed by atoms with E-state index in [1.165, 1.54) is 51.9 Å². The molecule has 3 aliphatic rings. The van der Waals surface area contributed by atoms with Crippen LogP contribution in [0.3, 0.4) is 0 Å². The quantitative estimate of drug-likeness (QED) is 0.781. The fourth-order valence-electron chi connectivity index (χ4n) is 3.01. The van der Waals surface area contributed by atoms with Crippen LogP contribution in [0, 0.1) is 11.3 Å². The SMILES string of the molecule is CC(C#N)(CCN1CCN(C2CC2)CC1)NC1CC1. The van der Waals surface area contributed by atoms with Crippen LogP contribution >= 0.6 is 0 Å². The second-order valence-corrected chi connectivity index (χ2v) is 6.72. The van der Waals surface area contributed by atoms with Gasteiger partial charge in [-0.2, -0.15) is 5.26 Å². The highest BCUT2D eigenvalue weighted by atomic mass is 15.3. The van der Waals surface area contributed by atoms with Gasteiger partial charge in [0.15, 0.2) is 0 Å². The molecule has 0 amide bonds. The average Bonchev–Trinajstić information content (AvgIpc) is 3.30. The molecule has 106 valence electrons. The van der Waals surface area contributed by atoms with Crippen molar-refractivity contribution in [2.45, 2.75) is 56.7 Å². The number of rotatable bonds is 6. The maximum Gasteiger partial charge on any atom is 0.105 e. The van der Waals surface area contributed by atoms with Crippen LogP contribution in [0.5, 0.6) is 0 Å². The fraction of sp³-hybridized carbons (Fsp3) is 0.933. The molecule has 1 saturated heterocycles. The molecule has 0 radical (unpaired) electrons. The highest BCUT2D eigenvalue weighted by Crippen LogP contribution is 2.28. The zero-order valence-electron chi connectivity index (χ0n) is 12.1. The van der Waals surface area contributed by atoms with Crippen LogP contribution in [0.1, 0.15) is 39.0 Å². The van der Waals surface area contributed by atoms with Crippen molar-refractivity contribution in [2.24, 2.45) is 0 Å². The van der Waals surface area contributed by atoms with Crippen molar-refractivity contribution in [3.63, 3.8) is 0 Å². The van der Waals surface area contributed by atoms with Crippen LogP contribution in [0.15, 0.2) is 0 Å². The van der Waals surface area contributed by atoms with Gasteiger partial charge < -0.3 is 4.90 Å². The minimum Gasteiger partial charge on any atom is -0.301 e. The lowest BCUT2D eigenvalue weighted by molar-refractivity contribution is 0.120. The summed E-state index contributed by atoms with van der Waals surface area (Å²) in [7, 11) is 0. The van der Waals surface area contributed by atoms with E-state index in [0.717, 1.165) is 19.0 Å². The third-order valence-corrected chi connectivity index (χ3v) is 4.74. The Bertz CT molecular complexity index is 348. The van der Waals surface area contributed by atoms with E-state index in [-0.39, 0.29) is 5.54 Å². The summed E-state index contributed by atoms with van der Waals surface area (Å²) >= 11 is 0. The summed E-state index contributed by atoms with van der Waals surface area (Å²) in [6.07, 6.45) is 6.27. The average molecular weight is 262 g/mol. The molecule has 1 heterocycles. The Labute approximate surface area is 116 Å². The molecule has 4 nitrogen and oxygen atoms in total. The normalized spacial score (nSPS) is 28.8. The van der Waals surface area contributed by atoms with Gasteiger partial charge in [0.2, 0.25) is 0 Å². The number of nitrogens with one attached hydrogen (secondary N) is 1. The zero-order chi connectivity index (χ0) is 13.3. The third kappa shape index (κ3) is 3.68. The topological polar surface area (TPSA) is 42.3 Å². The molecular weight excluding hydrogens is 236 g/mol. The van der Waals surface area contributed by atoms with Gasteiger partial charge in [-0.25, -0.2) is 0 Å². The van der Waals surface area contributed by atoms with Gasteiger partial charge in [-0.05, 0) is 39.0 Å². The van der Waals surface area contributed by atoms with E-state index in [9.17, 15) is 5.26 Å². The molecular formula is C15H26N4. The molecule has 4 heteroatoms. The predicted molar refractivity (Wildman–Crippen MR) is 75.8 cm³/mol. The lowest BCUT2D eigenvalue weighted by Gasteiger charge is -2.36. The summed E-state index contributed by atoms with van der Waals surface area (Å²) in [5.74, 6) is 0. The van der Waals surface area contributed by atoms with Crippen LogP contribution in [-0.2, 0) is 0 Å². The molecule has 0 aromatic heterocycles. The van der Waals surface area contributed by atoms with E-state index in [2.05, 4.69) is 28.1 Å². The second-order valence-electron chi connectivity index (χ2n) is 6.72. The van der Waals surface area contributed by atoms with Crippen molar-refractivity contribution < 1.29 is 0 Å². The number of hydrogen-bond donors (Lipinski definition) is 1. The van der Waals surface area contributed by atoms with Crippen molar-refractivity contribution >= 4 is 0 Å². The minimum atomic E-state index is -0.325. The summed E-state index contributed by atoms with van der Waals surface area (Å²) in [6.45, 7) is 7.94. The van der Waals surface area contributed by atoms with Crippen LogP contribution in [0.2, 0.25) is 0 Å². The highest BCUT2D eigenvalue weighted by molar-refractivity contribution is 5.07. The molecule has 0 aromatic rings. The lowest BCUT2D eigenvalue weighted by atomic mass is 9.99. The van der Waals surface area contributed by atoms with Crippen molar-refractivity contribution in [2.75, 3.05) is 32.7 Å². The molecule has 19 heavy (non-hydrogen) atoms. The van der Waals surface area contributed by atoms with Gasteiger partial charge in [-0.3, -0.25) is 10.2 Å². The Morgan fingerprint density at radius 2 is 1.84 bits per heavy atom. The molecule has 3 fully saturated rings. The van der Waals surface area contributed by atoms with Crippen molar-refractivity contribution in [3.05, 3.63) is 0 Å². The Balaban J connectivity index is 1.40. The maximum absolute atomic E-state index is 9.38. The van der Waals surface area contributed by atoms with Gasteiger partial charge in [0.1, 0.15) is 5.54 Å². The van der Waals surface area contributed by atoms with E-state index in [0.29, 0.717) is 6.04 Å². The predicted octanol–water partition coefficient (Wildman–Crippen LogP) is 1.19. The van der Waals surface area contributed by atoms with Gasteiger partial charge in [-0.1, -0.05) is 0 Å². The van der Waals surface area contributed by atoms with Crippen molar-refractivity contribution in [1.82, 2.24) is 15.1 Å². The molecule has 0 bridgehead atoms. The van der Waals surface area contributed by atoms with E-state index < -0.39 is 0 Å². The van der Waals surface area contributed by atoms with Gasteiger partial charge in [-0.15, -0.1) is 0 Å². The fourth-order valence-corrected chi connectivity index (χ4v) is 3.01. The standard InChI is InChI=1S/C15H26N4/c1-15(12-16,17-13-2-3-13)6-7-18-8-10-19(11-9-18)14-4-5-14/h13-14,17H,2-11H2,1H3. The Hall–Kier alpha value is -0.630. The minimum absolute atomic E-state index is 0.325. The molecule has 1 unspecified atom stereocenters. The molecule has 1 atom stereocenters. The second kappa shape index (κ2) is 5.40. The summed E-state index contributed by atoms with van der Waals surface area (Å²) in [5.41, 5.74) is -0.325. The first kappa shape index (κ1) is 13.4. The maximum atomic E-state index is 9.38. The Morgan fingerprint density at radius 3 is 2.37 bits per heavy atom. The first-order valence-corrected chi connectivity index (χ1v) is 7.84. The van der Waals surface area contributed by atoms with Crippen molar-refractivity contribution in [1.29, 1.82) is 5.26 Å². The third-order valence-electron chi connectivity index (χ3n) is 4.74. The number of nitriles is 1. The summed E-state index contributed by atoms with van der Waals surface area (Å²) < 4.78 is 0. The number of nitrogens with zero attached hydrogens (tertiary/aromatic N) is 3. The number of hydrogen-bond acceptors (Lipinski definition) is 4. The van der Waals surface area contributed by atoms with Gasteiger partial charge in [0, 0.05) is 44.8 Å². The van der Waals surface area contributed by atoms with Gasteiger partial charge >= 0.3 is 0 Å². The van der Waals surface area contributed by atoms with E-state index in [1.807, 2.05) is 0 Å². The van der Waals surface area contributed by atoms with E-state index in [1.54, 1.807) is 0 Å². The zero-order valence-corrected chi connectivity index (χ0v) is 12.1. The molecule has 0 spiro atoms. The summed E-state index contributed by atoms with van der Waals surface area (Å²) in [4.78, 5) is 5.17. The first-order valence-electron chi connectivity index (χ1n) is 7.84. The molecule has 1 aliphatic heterocycles. The largest absolute Gasteiger partial charge is 0.301 e. The van der Waals surface area contributed by atoms with Crippen LogP contribution < -0.4 is 5.32 Å². The van der Waals surface area contributed by atoms with Crippen LogP contribution in [0.25, 0.3) is 0 Å². The van der Waals surface area contributed by atoms with Gasteiger partial charge in [0.25, 0.3) is 0 Å². The van der Waals surface area contributed by atoms with E-state index in [4.69, 9.17) is 0 Å². The smallest absolute Gasteiger partial charge is 0.105 e. The van der Waals surface area contributed by atoms with Crippen molar-refractivity contribution in [3.8, 4) is 6.07 Å². The van der Waals surface area contributed by atoms with Crippen LogP contribution in [-0.4, -0.2) is 60.1 Å².